The fourth-order valence-electron chi connectivity index (χ4n) is 2.68. The first-order chi connectivity index (χ1) is 8.72. The Morgan fingerprint density at radius 2 is 2.17 bits per heavy atom. The summed E-state index contributed by atoms with van der Waals surface area (Å²) >= 11 is 0. The first kappa shape index (κ1) is 13.3. The lowest BCUT2D eigenvalue weighted by atomic mass is 10.1. The molecular weight excluding hydrogens is 226 g/mol. The molecule has 1 saturated carbocycles. The number of hydrogen-bond donors (Lipinski definition) is 2. The number of aliphatic hydroxyl groups excluding tert-OH is 1. The Bertz CT molecular complexity index is 358. The average Bonchev–Trinajstić information content (AvgIpc) is 2.90. The molecule has 1 aliphatic carbocycles. The third kappa shape index (κ3) is 3.00. The predicted octanol–water partition coefficient (Wildman–Crippen LogP) is 1.84. The van der Waals surface area contributed by atoms with E-state index in [2.05, 4.69) is 16.0 Å². The van der Waals surface area contributed by atoms with E-state index in [4.69, 9.17) is 5.73 Å². The van der Waals surface area contributed by atoms with Crippen molar-refractivity contribution >= 4 is 5.69 Å². The van der Waals surface area contributed by atoms with Crippen molar-refractivity contribution in [2.75, 3.05) is 18.1 Å². The lowest BCUT2D eigenvalue weighted by Crippen LogP contribution is -2.35. The van der Waals surface area contributed by atoms with Crippen molar-refractivity contribution < 1.29 is 5.11 Å². The predicted molar refractivity (Wildman–Crippen MR) is 73.5 cm³/mol. The molecule has 4 heteroatoms. The molecule has 0 bridgehead atoms. The fourth-order valence-corrected chi connectivity index (χ4v) is 2.68. The van der Waals surface area contributed by atoms with Crippen molar-refractivity contribution in [2.45, 2.75) is 44.7 Å². The summed E-state index contributed by atoms with van der Waals surface area (Å²) in [5, 5.41) is 9.22. The van der Waals surface area contributed by atoms with E-state index < -0.39 is 0 Å². The van der Waals surface area contributed by atoms with Gasteiger partial charge in [-0.3, -0.25) is 4.98 Å². The highest BCUT2D eigenvalue weighted by Gasteiger charge is 2.22. The van der Waals surface area contributed by atoms with Crippen LogP contribution in [0, 0.1) is 0 Å². The molecule has 1 aliphatic rings. The van der Waals surface area contributed by atoms with Crippen molar-refractivity contribution in [3.05, 3.63) is 24.0 Å². The summed E-state index contributed by atoms with van der Waals surface area (Å²) in [4.78, 5) is 6.69. The topological polar surface area (TPSA) is 62.4 Å². The molecule has 0 spiro atoms. The molecule has 4 nitrogen and oxygen atoms in total. The molecule has 1 aromatic heterocycles. The van der Waals surface area contributed by atoms with Gasteiger partial charge in [-0.2, -0.15) is 0 Å². The lowest BCUT2D eigenvalue weighted by Gasteiger charge is -2.30. The van der Waals surface area contributed by atoms with Gasteiger partial charge >= 0.3 is 0 Å². The molecule has 0 saturated heterocycles. The van der Waals surface area contributed by atoms with Crippen LogP contribution < -0.4 is 10.6 Å². The van der Waals surface area contributed by atoms with Gasteiger partial charge in [-0.25, -0.2) is 0 Å². The molecule has 0 amide bonds. The molecular formula is C14H23N3O. The highest BCUT2D eigenvalue weighted by Crippen LogP contribution is 2.27. The summed E-state index contributed by atoms with van der Waals surface area (Å²) in [6.45, 7) is 2.81. The van der Waals surface area contributed by atoms with Gasteiger partial charge in [0.15, 0.2) is 0 Å². The number of aliphatic hydroxyl groups is 1. The number of anilines is 1. The van der Waals surface area contributed by atoms with E-state index >= 15 is 0 Å². The number of rotatable bonds is 5. The Balaban J connectivity index is 2.14. The molecule has 0 aliphatic heterocycles. The highest BCUT2D eigenvalue weighted by atomic mass is 16.3. The van der Waals surface area contributed by atoms with E-state index in [0.717, 1.165) is 11.4 Å². The normalized spacial score (nSPS) is 17.9. The van der Waals surface area contributed by atoms with Crippen LogP contribution in [0.4, 0.5) is 5.69 Å². The minimum atomic E-state index is -0.0307. The maximum absolute atomic E-state index is 9.22. The van der Waals surface area contributed by atoms with E-state index in [1.807, 2.05) is 19.2 Å². The summed E-state index contributed by atoms with van der Waals surface area (Å²) in [6.07, 6.45) is 6.90. The molecule has 1 aromatic rings. The van der Waals surface area contributed by atoms with Crippen LogP contribution in [-0.4, -0.2) is 29.3 Å². The van der Waals surface area contributed by atoms with Crippen LogP contribution >= 0.6 is 0 Å². The van der Waals surface area contributed by atoms with Crippen molar-refractivity contribution in [2.24, 2.45) is 5.73 Å². The average molecular weight is 249 g/mol. The van der Waals surface area contributed by atoms with Gasteiger partial charge in [0.05, 0.1) is 24.2 Å². The zero-order valence-electron chi connectivity index (χ0n) is 11.0. The Morgan fingerprint density at radius 3 is 2.67 bits per heavy atom. The number of nitrogens with zero attached hydrogens (tertiary/aromatic N) is 2. The van der Waals surface area contributed by atoms with Crippen LogP contribution in [0.1, 0.15) is 44.3 Å². The third-order valence-corrected chi connectivity index (χ3v) is 3.68. The molecule has 0 unspecified atom stereocenters. The summed E-state index contributed by atoms with van der Waals surface area (Å²) < 4.78 is 0. The monoisotopic (exact) mass is 249 g/mol. The highest BCUT2D eigenvalue weighted by molar-refractivity contribution is 5.46. The lowest BCUT2D eigenvalue weighted by molar-refractivity contribution is 0.297. The molecule has 2 rings (SSSR count). The minimum Gasteiger partial charge on any atom is -0.395 e. The maximum atomic E-state index is 9.22. The van der Waals surface area contributed by atoms with Crippen LogP contribution in [0.25, 0.3) is 0 Å². The summed E-state index contributed by atoms with van der Waals surface area (Å²) in [5.41, 5.74) is 7.81. The summed E-state index contributed by atoms with van der Waals surface area (Å²) in [5.74, 6) is 0. The first-order valence-electron chi connectivity index (χ1n) is 6.81. The van der Waals surface area contributed by atoms with E-state index in [1.54, 1.807) is 0 Å². The van der Waals surface area contributed by atoms with Crippen LogP contribution in [0.15, 0.2) is 18.3 Å². The largest absolute Gasteiger partial charge is 0.395 e. The van der Waals surface area contributed by atoms with Gasteiger partial charge in [0.2, 0.25) is 0 Å². The van der Waals surface area contributed by atoms with Gasteiger partial charge in [0.1, 0.15) is 0 Å². The standard InChI is InChI=1S/C14H23N3O/c1-11(15)14-7-6-13(10-16-14)17(8-9-18)12-4-2-3-5-12/h6-7,10-12,18H,2-5,8-9,15H2,1H3/t11-/m0/s1. The van der Waals surface area contributed by atoms with Gasteiger partial charge in [0.25, 0.3) is 0 Å². The van der Waals surface area contributed by atoms with Crippen LogP contribution in [0.5, 0.6) is 0 Å². The SMILES string of the molecule is C[C@H](N)c1ccc(N(CCO)C2CCCC2)cn1. The third-order valence-electron chi connectivity index (χ3n) is 3.68. The molecule has 0 radical (unpaired) electrons. The maximum Gasteiger partial charge on any atom is 0.0606 e. The van der Waals surface area contributed by atoms with Crippen molar-refractivity contribution in [1.29, 1.82) is 0 Å². The van der Waals surface area contributed by atoms with Crippen LogP contribution in [-0.2, 0) is 0 Å². The van der Waals surface area contributed by atoms with Gasteiger partial charge in [-0.1, -0.05) is 12.8 Å². The van der Waals surface area contributed by atoms with E-state index in [-0.39, 0.29) is 12.6 Å². The van der Waals surface area contributed by atoms with Gasteiger partial charge in [-0.05, 0) is 31.9 Å². The second kappa shape index (κ2) is 6.16. The number of nitrogens with two attached hydrogens (primary N) is 1. The molecule has 100 valence electrons. The second-order valence-corrected chi connectivity index (χ2v) is 5.09. The van der Waals surface area contributed by atoms with Crippen LogP contribution in [0.2, 0.25) is 0 Å². The number of aromatic nitrogens is 1. The first-order valence-corrected chi connectivity index (χ1v) is 6.81. The summed E-state index contributed by atoms with van der Waals surface area (Å²) in [6, 6.07) is 4.58. The Kier molecular flexibility index (Phi) is 4.55. The van der Waals surface area contributed by atoms with Crippen LogP contribution in [0.3, 0.4) is 0 Å². The Morgan fingerprint density at radius 1 is 1.44 bits per heavy atom. The van der Waals surface area contributed by atoms with Crippen molar-refractivity contribution in [3.8, 4) is 0 Å². The fraction of sp³-hybridized carbons (Fsp3) is 0.643. The quantitative estimate of drug-likeness (QED) is 0.836. The van der Waals surface area contributed by atoms with E-state index in [1.165, 1.54) is 25.7 Å². The van der Waals surface area contributed by atoms with E-state index in [9.17, 15) is 5.11 Å². The minimum absolute atomic E-state index is 0.0307. The van der Waals surface area contributed by atoms with E-state index in [0.29, 0.717) is 12.6 Å². The zero-order valence-corrected chi connectivity index (χ0v) is 11.0. The molecule has 1 fully saturated rings. The summed E-state index contributed by atoms with van der Waals surface area (Å²) in [7, 11) is 0. The molecule has 1 atom stereocenters. The smallest absolute Gasteiger partial charge is 0.0606 e. The van der Waals surface area contributed by atoms with Gasteiger partial charge in [-0.15, -0.1) is 0 Å². The Hall–Kier alpha value is -1.13. The van der Waals surface area contributed by atoms with Gasteiger partial charge in [0, 0.05) is 18.6 Å². The Labute approximate surface area is 109 Å². The molecule has 0 aromatic carbocycles. The molecule has 1 heterocycles. The molecule has 3 N–H and O–H groups in total. The van der Waals surface area contributed by atoms with Crippen molar-refractivity contribution in [3.63, 3.8) is 0 Å². The van der Waals surface area contributed by atoms with Gasteiger partial charge < -0.3 is 15.7 Å². The second-order valence-electron chi connectivity index (χ2n) is 5.09. The molecule has 18 heavy (non-hydrogen) atoms. The zero-order chi connectivity index (χ0) is 13.0. The number of hydrogen-bond acceptors (Lipinski definition) is 4. The van der Waals surface area contributed by atoms with Crippen molar-refractivity contribution in [1.82, 2.24) is 4.98 Å². The number of pyridine rings is 1.